The number of rotatable bonds is 8. The minimum absolute atomic E-state index is 0.140. The van der Waals surface area contributed by atoms with Gasteiger partial charge in [-0.1, -0.05) is 19.6 Å². The number of ether oxygens (including phenoxy) is 1. The third-order valence-electron chi connectivity index (χ3n) is 5.55. The minimum atomic E-state index is -0.318. The Labute approximate surface area is 130 Å². The predicted octanol–water partition coefficient (Wildman–Crippen LogP) is 1.88. The van der Waals surface area contributed by atoms with E-state index in [0.717, 1.165) is 12.8 Å². The van der Waals surface area contributed by atoms with Crippen molar-refractivity contribution in [3.8, 4) is 0 Å². The highest BCUT2D eigenvalue weighted by atomic mass is 16.5. The maximum atomic E-state index is 6.23. The third kappa shape index (κ3) is 3.33. The van der Waals surface area contributed by atoms with E-state index < -0.39 is 0 Å². The van der Waals surface area contributed by atoms with Gasteiger partial charge >= 0.3 is 0 Å². The lowest BCUT2D eigenvalue weighted by molar-refractivity contribution is 0.00619. The summed E-state index contributed by atoms with van der Waals surface area (Å²) in [7, 11) is 3.74. The van der Waals surface area contributed by atoms with Crippen molar-refractivity contribution in [2.75, 3.05) is 20.7 Å². The molecule has 6 unspecified atom stereocenters. The highest BCUT2D eigenvalue weighted by Crippen LogP contribution is 2.51. The van der Waals surface area contributed by atoms with Crippen LogP contribution in [0.25, 0.3) is 0 Å². The average Bonchev–Trinajstić information content (AvgIpc) is 2.80. The van der Waals surface area contributed by atoms with Gasteiger partial charge in [0.2, 0.25) is 0 Å². The van der Waals surface area contributed by atoms with E-state index in [9.17, 15) is 0 Å². The first-order chi connectivity index (χ1) is 9.87. The van der Waals surface area contributed by atoms with Gasteiger partial charge in [0.15, 0.2) is 0 Å². The summed E-state index contributed by atoms with van der Waals surface area (Å²) in [5, 5.41) is 3.29. The van der Waals surface area contributed by atoms with Gasteiger partial charge in [0.05, 0.1) is 6.10 Å². The van der Waals surface area contributed by atoms with Gasteiger partial charge in [-0.25, -0.2) is 0 Å². The van der Waals surface area contributed by atoms with Gasteiger partial charge in [0.25, 0.3) is 0 Å². The first-order valence-corrected chi connectivity index (χ1v) is 7.86. The summed E-state index contributed by atoms with van der Waals surface area (Å²) in [5.41, 5.74) is 12.5. The Balaban J connectivity index is 3.18. The lowest BCUT2D eigenvalue weighted by Gasteiger charge is -2.41. The van der Waals surface area contributed by atoms with Gasteiger partial charge in [0, 0.05) is 30.2 Å². The highest BCUT2D eigenvalue weighted by molar-refractivity contribution is 5.21. The van der Waals surface area contributed by atoms with Gasteiger partial charge in [-0.15, -0.1) is 6.58 Å². The monoisotopic (exact) mass is 295 g/mol. The zero-order valence-electron chi connectivity index (χ0n) is 14.1. The number of methoxy groups -OCH3 is 1. The summed E-state index contributed by atoms with van der Waals surface area (Å²) < 4.78 is 5.82. The molecule has 5 N–H and O–H groups in total. The Bertz CT molecular complexity index is 371. The normalized spacial score (nSPS) is 33.4. The van der Waals surface area contributed by atoms with E-state index in [1.165, 1.54) is 0 Å². The average molecular weight is 295 g/mol. The second-order valence-corrected chi connectivity index (χ2v) is 6.56. The Hall–Kier alpha value is -0.840. The van der Waals surface area contributed by atoms with Crippen molar-refractivity contribution in [2.45, 2.75) is 38.8 Å². The van der Waals surface area contributed by atoms with Crippen molar-refractivity contribution in [3.05, 3.63) is 24.9 Å². The predicted molar refractivity (Wildman–Crippen MR) is 89.7 cm³/mol. The van der Waals surface area contributed by atoms with Gasteiger partial charge in [-0.3, -0.25) is 0 Å². The Morgan fingerprint density at radius 3 is 2.57 bits per heavy atom. The van der Waals surface area contributed by atoms with Crippen LogP contribution in [0, 0.1) is 23.2 Å². The molecule has 1 saturated carbocycles. The molecule has 122 valence electrons. The van der Waals surface area contributed by atoms with Crippen molar-refractivity contribution >= 4 is 0 Å². The van der Waals surface area contributed by atoms with Gasteiger partial charge < -0.3 is 21.5 Å². The van der Waals surface area contributed by atoms with Crippen LogP contribution < -0.4 is 16.8 Å². The quantitative estimate of drug-likeness (QED) is 0.598. The van der Waals surface area contributed by atoms with Crippen molar-refractivity contribution < 1.29 is 4.74 Å². The molecule has 0 spiro atoms. The fourth-order valence-corrected chi connectivity index (χ4v) is 4.00. The molecule has 4 nitrogen and oxygen atoms in total. The van der Waals surface area contributed by atoms with Crippen LogP contribution in [-0.4, -0.2) is 32.8 Å². The fraction of sp³-hybridized carbons (Fsp3) is 0.765. The maximum absolute atomic E-state index is 6.23. The molecule has 4 heteroatoms. The largest absolute Gasteiger partial charge is 0.402 e. The first-order valence-electron chi connectivity index (χ1n) is 7.86. The van der Waals surface area contributed by atoms with Crippen LogP contribution in [0.3, 0.4) is 0 Å². The molecule has 1 rings (SSSR count). The smallest absolute Gasteiger partial charge is 0.0640 e. The van der Waals surface area contributed by atoms with Crippen molar-refractivity contribution in [3.63, 3.8) is 0 Å². The third-order valence-corrected chi connectivity index (χ3v) is 5.55. The molecule has 0 aliphatic heterocycles. The van der Waals surface area contributed by atoms with Gasteiger partial charge in [0.1, 0.15) is 0 Å². The molecule has 0 saturated heterocycles. The fourth-order valence-electron chi connectivity index (χ4n) is 4.00. The topological polar surface area (TPSA) is 73.3 Å². The molecule has 1 aliphatic carbocycles. The van der Waals surface area contributed by atoms with E-state index in [-0.39, 0.29) is 17.4 Å². The van der Waals surface area contributed by atoms with Crippen LogP contribution in [0.15, 0.2) is 24.9 Å². The maximum Gasteiger partial charge on any atom is 0.0640 e. The Morgan fingerprint density at radius 1 is 1.57 bits per heavy atom. The van der Waals surface area contributed by atoms with Gasteiger partial charge in [-0.05, 0) is 45.2 Å². The van der Waals surface area contributed by atoms with E-state index in [2.05, 4.69) is 32.3 Å². The summed E-state index contributed by atoms with van der Waals surface area (Å²) in [6.45, 7) is 13.2. The van der Waals surface area contributed by atoms with Crippen LogP contribution in [0.4, 0.5) is 0 Å². The van der Waals surface area contributed by atoms with E-state index in [1.807, 2.05) is 13.1 Å². The standard InChI is InChI=1S/C17H33N3O/c1-7-17(13(4)19,9-11(2)20-5)15-8-14(10-18)12(3)16(15)21-6/h7,11-12,14-16,20H,1,4,8-10,18-19H2,2-3,5-6H3. The second kappa shape index (κ2) is 7.43. The molecule has 0 amide bonds. The summed E-state index contributed by atoms with van der Waals surface area (Å²) in [6, 6.07) is 0.327. The molecule has 1 fully saturated rings. The number of nitrogens with two attached hydrogens (primary N) is 2. The second-order valence-electron chi connectivity index (χ2n) is 6.56. The van der Waals surface area contributed by atoms with Crippen LogP contribution in [-0.2, 0) is 4.74 Å². The van der Waals surface area contributed by atoms with Crippen LogP contribution in [0.2, 0.25) is 0 Å². The molecule has 6 atom stereocenters. The van der Waals surface area contributed by atoms with Crippen molar-refractivity contribution in [2.24, 2.45) is 34.6 Å². The van der Waals surface area contributed by atoms with Gasteiger partial charge in [-0.2, -0.15) is 0 Å². The molecule has 0 aromatic rings. The summed E-state index contributed by atoms with van der Waals surface area (Å²) in [5.74, 6) is 1.16. The molecule has 0 radical (unpaired) electrons. The molecule has 0 bridgehead atoms. The van der Waals surface area contributed by atoms with E-state index in [0.29, 0.717) is 30.1 Å². The highest BCUT2D eigenvalue weighted by Gasteiger charge is 2.51. The van der Waals surface area contributed by atoms with Crippen LogP contribution in [0.5, 0.6) is 0 Å². The molecular formula is C17H33N3O. The molecule has 0 aromatic carbocycles. The zero-order chi connectivity index (χ0) is 16.2. The van der Waals surface area contributed by atoms with Crippen molar-refractivity contribution in [1.29, 1.82) is 0 Å². The Kier molecular flexibility index (Phi) is 6.44. The molecule has 21 heavy (non-hydrogen) atoms. The lowest BCUT2D eigenvalue weighted by atomic mass is 9.67. The summed E-state index contributed by atoms with van der Waals surface area (Å²) >= 11 is 0. The summed E-state index contributed by atoms with van der Waals surface area (Å²) in [4.78, 5) is 0. The molecule has 0 aromatic heterocycles. The molecule has 1 aliphatic rings. The number of nitrogens with one attached hydrogen (secondary N) is 1. The van der Waals surface area contributed by atoms with Crippen LogP contribution >= 0.6 is 0 Å². The first kappa shape index (κ1) is 18.2. The number of hydrogen-bond donors (Lipinski definition) is 3. The van der Waals surface area contributed by atoms with E-state index >= 15 is 0 Å². The van der Waals surface area contributed by atoms with Crippen LogP contribution in [0.1, 0.15) is 26.7 Å². The van der Waals surface area contributed by atoms with E-state index in [4.69, 9.17) is 16.2 Å². The molecular weight excluding hydrogens is 262 g/mol. The van der Waals surface area contributed by atoms with E-state index in [1.54, 1.807) is 7.11 Å². The number of hydrogen-bond acceptors (Lipinski definition) is 4. The molecule has 0 heterocycles. The summed E-state index contributed by atoms with van der Waals surface area (Å²) in [6.07, 6.45) is 4.00. The SMILES string of the molecule is C=CC(CC(C)NC)(C(=C)N)C1CC(CN)C(C)C1OC. The lowest BCUT2D eigenvalue weighted by Crippen LogP contribution is -2.43. The number of allylic oxidation sites excluding steroid dienone is 1. The Morgan fingerprint density at radius 2 is 2.19 bits per heavy atom. The zero-order valence-corrected chi connectivity index (χ0v) is 14.1. The minimum Gasteiger partial charge on any atom is -0.402 e. The van der Waals surface area contributed by atoms with Crippen molar-refractivity contribution in [1.82, 2.24) is 5.32 Å².